The first kappa shape index (κ1) is 23.0. The van der Waals surface area contributed by atoms with Crippen molar-refractivity contribution < 1.29 is 42.1 Å². The van der Waals surface area contributed by atoms with Gasteiger partial charge in [0, 0.05) is 0 Å². The van der Waals surface area contributed by atoms with Crippen LogP contribution in [0.25, 0.3) is 0 Å². The summed E-state index contributed by atoms with van der Waals surface area (Å²) in [6.45, 7) is 4.33. The van der Waals surface area contributed by atoms with E-state index < -0.39 is 39.6 Å². The first-order chi connectivity index (χ1) is 9.25. The Labute approximate surface area is 145 Å². The zero-order chi connectivity index (χ0) is 15.8. The summed E-state index contributed by atoms with van der Waals surface area (Å²) in [6.07, 6.45) is -1.38. The molecule has 0 amide bonds. The van der Waals surface area contributed by atoms with Crippen LogP contribution in [0.4, 0.5) is 0 Å². The molecule has 0 aromatic rings. The Hall–Kier alpha value is -0.230. The minimum absolute atomic E-state index is 0. The molecule has 9 nitrogen and oxygen atoms in total. The molecule has 0 spiro atoms. The molecule has 0 radical (unpaired) electrons. The molecule has 0 bridgehead atoms. The van der Waals surface area contributed by atoms with Crippen LogP contribution in [0.2, 0.25) is 0 Å². The predicted molar refractivity (Wildman–Crippen MR) is 71.8 cm³/mol. The summed E-state index contributed by atoms with van der Waals surface area (Å²) < 4.78 is 29.6. The summed E-state index contributed by atoms with van der Waals surface area (Å²) in [5.74, 6) is -2.54. The number of carbonyl (C=O) groups excluding carboxylic acids is 2. The van der Waals surface area contributed by atoms with Crippen LogP contribution in [0, 0.1) is 0 Å². The van der Waals surface area contributed by atoms with Crippen LogP contribution < -0.4 is 0 Å². The van der Waals surface area contributed by atoms with Gasteiger partial charge in [-0.15, -0.1) is 0 Å². The molecule has 0 aromatic carbocycles. The molecule has 0 aliphatic rings. The third-order valence-electron chi connectivity index (χ3n) is 2.39. The molecule has 11 heteroatoms. The van der Waals surface area contributed by atoms with Crippen molar-refractivity contribution in [2.45, 2.75) is 38.4 Å². The van der Waals surface area contributed by atoms with E-state index in [-0.39, 0.29) is 42.8 Å². The monoisotopic (exact) mass is 338 g/mol. The second-order valence-corrected chi connectivity index (χ2v) is 5.37. The third kappa shape index (κ3) is 6.59. The summed E-state index contributed by atoms with van der Waals surface area (Å²) in [5.41, 5.74) is 0. The zero-order valence-electron chi connectivity index (χ0n) is 11.4. The van der Waals surface area contributed by atoms with E-state index in [4.69, 9.17) is 0 Å². The van der Waals surface area contributed by atoms with Crippen molar-refractivity contribution in [3.8, 4) is 0 Å². The summed E-state index contributed by atoms with van der Waals surface area (Å²) >= 11 is 0. The second kappa shape index (κ2) is 10.5. The molecule has 1 unspecified atom stereocenters. The Morgan fingerprint density at radius 1 is 1.05 bits per heavy atom. The van der Waals surface area contributed by atoms with Crippen LogP contribution in [0.5, 0.6) is 0 Å². The minimum atomic E-state index is -4.94. The van der Waals surface area contributed by atoms with Gasteiger partial charge in [-0.25, -0.2) is 9.59 Å². The molecular weight excluding hydrogens is 319 g/mol. The van der Waals surface area contributed by atoms with Gasteiger partial charge in [0.25, 0.3) is 10.1 Å². The number of hydrogen-bond donors (Lipinski definition) is 1. The number of hydrogen-bond acceptors (Lipinski definition) is 8. The molecule has 120 valence electrons. The van der Waals surface area contributed by atoms with Gasteiger partial charge in [0.05, 0.1) is 19.6 Å². The number of carbonyl (C=O) groups is 2. The molecule has 1 atom stereocenters. The topological polar surface area (TPSA) is 125 Å². The van der Waals surface area contributed by atoms with Crippen molar-refractivity contribution in [1.29, 1.82) is 0 Å². The van der Waals surface area contributed by atoms with Gasteiger partial charge >= 0.3 is 41.5 Å². The molecule has 1 N–H and O–H groups in total. The Kier molecular flexibility index (Phi) is 11.5. The Bertz CT molecular complexity index is 436. The average molecular weight is 338 g/mol. The first-order valence-electron chi connectivity index (χ1n) is 5.88. The van der Waals surface area contributed by atoms with Crippen LogP contribution in [0.1, 0.15) is 33.6 Å². The SMILES string of the molecule is CCOOC(=O)CC(CC)(C(=O)OOCC)S(=O)(=O)O.[NaH]. The van der Waals surface area contributed by atoms with Crippen molar-refractivity contribution in [3.63, 3.8) is 0 Å². The van der Waals surface area contributed by atoms with Crippen LogP contribution >= 0.6 is 0 Å². The van der Waals surface area contributed by atoms with E-state index >= 15 is 0 Å². The molecule has 0 rings (SSSR count). The Morgan fingerprint density at radius 3 is 1.90 bits per heavy atom. The molecule has 0 saturated carbocycles. The van der Waals surface area contributed by atoms with Crippen LogP contribution in [-0.2, 0) is 39.3 Å². The van der Waals surface area contributed by atoms with Crippen molar-refractivity contribution in [3.05, 3.63) is 0 Å². The van der Waals surface area contributed by atoms with Gasteiger partial charge in [0.2, 0.25) is 4.75 Å². The summed E-state index contributed by atoms with van der Waals surface area (Å²) in [6, 6.07) is 0. The van der Waals surface area contributed by atoms with Crippen LogP contribution in [-0.4, -0.2) is 72.4 Å². The second-order valence-electron chi connectivity index (χ2n) is 3.64. The van der Waals surface area contributed by atoms with E-state index in [1.165, 1.54) is 20.8 Å². The Balaban J connectivity index is 0. The molecule has 21 heavy (non-hydrogen) atoms. The van der Waals surface area contributed by atoms with Crippen molar-refractivity contribution >= 4 is 51.6 Å². The maximum absolute atomic E-state index is 11.8. The van der Waals surface area contributed by atoms with E-state index in [1.54, 1.807) is 0 Å². The van der Waals surface area contributed by atoms with Gasteiger partial charge in [0.15, 0.2) is 0 Å². The molecule has 0 saturated heterocycles. The van der Waals surface area contributed by atoms with Gasteiger partial charge in [-0.05, 0) is 20.3 Å². The van der Waals surface area contributed by atoms with Gasteiger partial charge in [-0.2, -0.15) is 18.2 Å². The molecule has 0 aliphatic carbocycles. The maximum atomic E-state index is 11.8. The predicted octanol–water partition coefficient (Wildman–Crippen LogP) is -0.246. The van der Waals surface area contributed by atoms with Crippen molar-refractivity contribution in [2.24, 2.45) is 0 Å². The van der Waals surface area contributed by atoms with Crippen molar-refractivity contribution in [2.75, 3.05) is 13.2 Å². The number of rotatable bonds is 9. The molecule has 0 aromatic heterocycles. The molecule has 0 fully saturated rings. The van der Waals surface area contributed by atoms with Crippen LogP contribution in [0.3, 0.4) is 0 Å². The van der Waals surface area contributed by atoms with Gasteiger partial charge in [0.1, 0.15) is 0 Å². The quantitative estimate of drug-likeness (QED) is 0.262. The van der Waals surface area contributed by atoms with Crippen molar-refractivity contribution in [1.82, 2.24) is 0 Å². The Morgan fingerprint density at radius 2 is 1.52 bits per heavy atom. The molecular formula is C10H19NaO9S. The average Bonchev–Trinajstić information content (AvgIpc) is 2.38. The fourth-order valence-corrected chi connectivity index (χ4v) is 2.21. The van der Waals surface area contributed by atoms with Gasteiger partial charge < -0.3 is 0 Å². The third-order valence-corrected chi connectivity index (χ3v) is 3.98. The van der Waals surface area contributed by atoms with Crippen LogP contribution in [0.15, 0.2) is 0 Å². The zero-order valence-corrected chi connectivity index (χ0v) is 12.3. The van der Waals surface area contributed by atoms with E-state index in [9.17, 15) is 22.6 Å². The fourth-order valence-electron chi connectivity index (χ4n) is 1.30. The van der Waals surface area contributed by atoms with E-state index in [2.05, 4.69) is 19.6 Å². The molecule has 0 aliphatic heterocycles. The van der Waals surface area contributed by atoms with Gasteiger partial charge in [-0.3, -0.25) is 14.3 Å². The summed E-state index contributed by atoms with van der Waals surface area (Å²) in [7, 11) is -4.94. The van der Waals surface area contributed by atoms with E-state index in [0.29, 0.717) is 0 Å². The van der Waals surface area contributed by atoms with E-state index in [1.807, 2.05) is 0 Å². The van der Waals surface area contributed by atoms with Gasteiger partial charge in [-0.1, -0.05) is 6.92 Å². The standard InChI is InChI=1S/C10H18O9S.Na.H/c1-4-10(20(13,14)15,9(12)19-17-6-3)7-8(11)18-16-5-2;;/h4-7H2,1-3H3,(H,13,14,15);;. The first-order valence-corrected chi connectivity index (χ1v) is 7.32. The normalized spacial score (nSPS) is 13.7. The molecule has 0 heterocycles. The summed E-state index contributed by atoms with van der Waals surface area (Å²) in [4.78, 5) is 40.4. The van der Waals surface area contributed by atoms with E-state index in [0.717, 1.165) is 0 Å². The summed E-state index contributed by atoms with van der Waals surface area (Å²) in [5, 5.41) is 0. The fraction of sp³-hybridized carbons (Fsp3) is 0.800.